The number of hydrogen-bond donors (Lipinski definition) is 3. The van der Waals surface area contributed by atoms with Crippen molar-refractivity contribution in [3.8, 4) is 0 Å². The normalized spacial score (nSPS) is 28.7. The molecule has 21 heavy (non-hydrogen) atoms. The van der Waals surface area contributed by atoms with Crippen molar-refractivity contribution in [2.75, 3.05) is 25.4 Å². The first-order valence-corrected chi connectivity index (χ1v) is 8.22. The van der Waals surface area contributed by atoms with Crippen LogP contribution in [0.15, 0.2) is 24.3 Å². The second-order valence-electron chi connectivity index (χ2n) is 6.49. The molecule has 4 nitrogen and oxygen atoms in total. The molecule has 2 fully saturated rings. The van der Waals surface area contributed by atoms with Crippen molar-refractivity contribution in [2.45, 2.75) is 38.1 Å². The Balaban J connectivity index is 1.56. The van der Waals surface area contributed by atoms with Gasteiger partial charge in [-0.05, 0) is 56.4 Å². The minimum absolute atomic E-state index is 0.0259. The molecule has 0 saturated carbocycles. The Morgan fingerprint density at radius 2 is 1.90 bits per heavy atom. The van der Waals surface area contributed by atoms with E-state index in [-0.39, 0.29) is 5.91 Å². The van der Waals surface area contributed by atoms with Gasteiger partial charge in [-0.2, -0.15) is 0 Å². The smallest absolute Gasteiger partial charge is 0.251 e. The van der Waals surface area contributed by atoms with Crippen molar-refractivity contribution in [3.63, 3.8) is 0 Å². The number of nitrogen functional groups attached to an aromatic ring is 1. The standard InChI is InChI=1S/C17H25N3O/c18-15-8-6-13(7-9-15)17(21)19-12-14-4-3-11-20-10-2-1-5-16(14)20/h6-9,14,16H,1-5,10-12,18H2,(H,19,21)/p+1/t14-,16-/m1/s1. The molecule has 4 heteroatoms. The monoisotopic (exact) mass is 288 g/mol. The summed E-state index contributed by atoms with van der Waals surface area (Å²) >= 11 is 0. The average molecular weight is 288 g/mol. The first kappa shape index (κ1) is 14.4. The van der Waals surface area contributed by atoms with Crippen LogP contribution in [0.5, 0.6) is 0 Å². The summed E-state index contributed by atoms with van der Waals surface area (Å²) in [4.78, 5) is 14.0. The third-order valence-electron chi connectivity index (χ3n) is 5.13. The van der Waals surface area contributed by atoms with Gasteiger partial charge in [-0.1, -0.05) is 0 Å². The molecule has 0 aromatic heterocycles. The maximum absolute atomic E-state index is 12.2. The van der Waals surface area contributed by atoms with E-state index in [4.69, 9.17) is 5.73 Å². The molecule has 1 aromatic rings. The third kappa shape index (κ3) is 3.38. The van der Waals surface area contributed by atoms with E-state index in [2.05, 4.69) is 5.32 Å². The van der Waals surface area contributed by atoms with Gasteiger partial charge in [-0.3, -0.25) is 4.79 Å². The lowest BCUT2D eigenvalue weighted by Gasteiger charge is -2.41. The average Bonchev–Trinajstić information content (AvgIpc) is 2.53. The van der Waals surface area contributed by atoms with E-state index in [1.54, 1.807) is 29.2 Å². The highest BCUT2D eigenvalue weighted by atomic mass is 16.1. The summed E-state index contributed by atoms with van der Waals surface area (Å²) in [5.74, 6) is 0.671. The predicted octanol–water partition coefficient (Wildman–Crippen LogP) is 0.846. The number of benzene rings is 1. The highest BCUT2D eigenvalue weighted by Crippen LogP contribution is 2.19. The summed E-state index contributed by atoms with van der Waals surface area (Å²) in [5.41, 5.74) is 7.05. The van der Waals surface area contributed by atoms with Crippen LogP contribution in [-0.4, -0.2) is 31.6 Å². The highest BCUT2D eigenvalue weighted by molar-refractivity contribution is 5.94. The van der Waals surface area contributed by atoms with Gasteiger partial charge >= 0.3 is 0 Å². The molecule has 0 spiro atoms. The molecule has 3 rings (SSSR count). The van der Waals surface area contributed by atoms with E-state index in [1.807, 2.05) is 0 Å². The molecule has 0 aliphatic carbocycles. The van der Waals surface area contributed by atoms with E-state index in [1.165, 1.54) is 45.2 Å². The summed E-state index contributed by atoms with van der Waals surface area (Å²) in [6.45, 7) is 3.47. The van der Waals surface area contributed by atoms with Gasteiger partial charge in [0, 0.05) is 23.7 Å². The number of amides is 1. The van der Waals surface area contributed by atoms with Crippen LogP contribution in [0.4, 0.5) is 5.69 Å². The lowest BCUT2D eigenvalue weighted by molar-refractivity contribution is -0.939. The van der Waals surface area contributed by atoms with Crippen LogP contribution in [-0.2, 0) is 0 Å². The minimum Gasteiger partial charge on any atom is -0.399 e. The summed E-state index contributed by atoms with van der Waals surface area (Å²) in [5, 5.41) is 3.13. The number of nitrogens with one attached hydrogen (secondary N) is 2. The summed E-state index contributed by atoms with van der Waals surface area (Å²) < 4.78 is 0. The number of carbonyl (C=O) groups excluding carboxylic acids is 1. The number of quaternary nitrogens is 1. The molecule has 3 atom stereocenters. The molecular weight excluding hydrogens is 262 g/mol. The Morgan fingerprint density at radius 3 is 2.71 bits per heavy atom. The molecule has 2 aliphatic rings. The lowest BCUT2D eigenvalue weighted by atomic mass is 9.83. The molecule has 2 aliphatic heterocycles. The minimum atomic E-state index is 0.0259. The van der Waals surface area contributed by atoms with Crippen LogP contribution in [0.3, 0.4) is 0 Å². The number of rotatable bonds is 3. The Kier molecular flexibility index (Phi) is 4.44. The summed E-state index contributed by atoms with van der Waals surface area (Å²) in [7, 11) is 0. The van der Waals surface area contributed by atoms with Crippen LogP contribution in [0.1, 0.15) is 42.5 Å². The number of piperidine rings is 2. The van der Waals surface area contributed by atoms with Gasteiger partial charge in [0.15, 0.2) is 0 Å². The van der Waals surface area contributed by atoms with Gasteiger partial charge < -0.3 is 16.0 Å². The number of hydrogen-bond acceptors (Lipinski definition) is 2. The van der Waals surface area contributed by atoms with Crippen molar-refractivity contribution in [1.29, 1.82) is 0 Å². The van der Waals surface area contributed by atoms with Gasteiger partial charge in [0.25, 0.3) is 5.91 Å². The molecule has 0 bridgehead atoms. The zero-order chi connectivity index (χ0) is 14.7. The van der Waals surface area contributed by atoms with E-state index in [0.717, 1.165) is 12.6 Å². The van der Waals surface area contributed by atoms with Crippen molar-refractivity contribution in [3.05, 3.63) is 29.8 Å². The van der Waals surface area contributed by atoms with Crippen molar-refractivity contribution in [1.82, 2.24) is 5.32 Å². The topological polar surface area (TPSA) is 59.6 Å². The molecule has 1 amide bonds. The second-order valence-corrected chi connectivity index (χ2v) is 6.49. The Labute approximate surface area is 126 Å². The fraction of sp³-hybridized carbons (Fsp3) is 0.588. The van der Waals surface area contributed by atoms with Gasteiger partial charge in [0.2, 0.25) is 0 Å². The highest BCUT2D eigenvalue weighted by Gasteiger charge is 2.36. The van der Waals surface area contributed by atoms with E-state index in [0.29, 0.717) is 17.2 Å². The van der Waals surface area contributed by atoms with Gasteiger partial charge in [0.05, 0.1) is 19.1 Å². The SMILES string of the molecule is Nc1ccc(C(=O)NC[C@H]2CCC[NH+]3CCCC[C@H]23)cc1. The first-order valence-electron chi connectivity index (χ1n) is 8.22. The van der Waals surface area contributed by atoms with E-state index in [9.17, 15) is 4.79 Å². The summed E-state index contributed by atoms with van der Waals surface area (Å²) in [6, 6.07) is 7.91. The van der Waals surface area contributed by atoms with Crippen molar-refractivity contribution >= 4 is 11.6 Å². The molecular formula is C17H26N3O+. The number of anilines is 1. The number of nitrogens with two attached hydrogens (primary N) is 1. The molecule has 2 saturated heterocycles. The van der Waals surface area contributed by atoms with Crippen LogP contribution < -0.4 is 16.0 Å². The molecule has 1 aromatic carbocycles. The molecule has 4 N–H and O–H groups in total. The van der Waals surface area contributed by atoms with Crippen LogP contribution in [0.2, 0.25) is 0 Å². The predicted molar refractivity (Wildman–Crippen MR) is 84.2 cm³/mol. The molecule has 0 radical (unpaired) electrons. The number of carbonyl (C=O) groups is 1. The third-order valence-corrected chi connectivity index (χ3v) is 5.13. The Morgan fingerprint density at radius 1 is 1.14 bits per heavy atom. The quantitative estimate of drug-likeness (QED) is 0.722. The molecule has 1 unspecified atom stereocenters. The molecule has 114 valence electrons. The zero-order valence-corrected chi connectivity index (χ0v) is 12.6. The lowest BCUT2D eigenvalue weighted by Crippen LogP contribution is -3.18. The van der Waals surface area contributed by atoms with Gasteiger partial charge in [-0.25, -0.2) is 0 Å². The van der Waals surface area contributed by atoms with E-state index >= 15 is 0 Å². The maximum Gasteiger partial charge on any atom is 0.251 e. The zero-order valence-electron chi connectivity index (χ0n) is 12.6. The number of fused-ring (bicyclic) bond motifs is 1. The van der Waals surface area contributed by atoms with Crippen molar-refractivity contribution in [2.24, 2.45) is 5.92 Å². The maximum atomic E-state index is 12.2. The Hall–Kier alpha value is -1.55. The molecule has 2 heterocycles. The largest absolute Gasteiger partial charge is 0.399 e. The van der Waals surface area contributed by atoms with Crippen molar-refractivity contribution < 1.29 is 9.69 Å². The van der Waals surface area contributed by atoms with Crippen LogP contribution in [0.25, 0.3) is 0 Å². The van der Waals surface area contributed by atoms with Gasteiger partial charge in [0.1, 0.15) is 0 Å². The summed E-state index contributed by atoms with van der Waals surface area (Å²) in [6.07, 6.45) is 6.62. The van der Waals surface area contributed by atoms with Gasteiger partial charge in [-0.15, -0.1) is 0 Å². The second kappa shape index (κ2) is 6.48. The first-order chi connectivity index (χ1) is 10.2. The Bertz CT molecular complexity index is 483. The van der Waals surface area contributed by atoms with E-state index < -0.39 is 0 Å². The van der Waals surface area contributed by atoms with Crippen LogP contribution >= 0.6 is 0 Å². The van der Waals surface area contributed by atoms with Crippen LogP contribution in [0, 0.1) is 5.92 Å². The fourth-order valence-electron chi connectivity index (χ4n) is 3.98. The fourth-order valence-corrected chi connectivity index (χ4v) is 3.98.